The van der Waals surface area contributed by atoms with Gasteiger partial charge in [0.2, 0.25) is 0 Å². The van der Waals surface area contributed by atoms with Crippen molar-refractivity contribution in [1.82, 2.24) is 4.98 Å². The van der Waals surface area contributed by atoms with Gasteiger partial charge in [-0.1, -0.05) is 37.6 Å². The van der Waals surface area contributed by atoms with Crippen molar-refractivity contribution in [2.24, 2.45) is 0 Å². The lowest BCUT2D eigenvalue weighted by molar-refractivity contribution is 0.416. The third-order valence-electron chi connectivity index (χ3n) is 5.15. The third-order valence-corrected chi connectivity index (χ3v) is 6.06. The standard InChI is InChI=1S/C23H23NO2S/c1-4-5-6-15-7-9-16(10-8-15)19-18(26-3)13-14(2)21-20(19)17-11-12-27-22(17)23(25)24-21/h7-13H,4-6H2,1-3H3,(H,24,25). The van der Waals surface area contributed by atoms with Gasteiger partial charge in [0.05, 0.1) is 12.6 Å². The van der Waals surface area contributed by atoms with E-state index in [1.54, 1.807) is 7.11 Å². The topological polar surface area (TPSA) is 42.1 Å². The summed E-state index contributed by atoms with van der Waals surface area (Å²) >= 11 is 1.48. The average Bonchev–Trinajstić information content (AvgIpc) is 3.18. The first kappa shape index (κ1) is 17.8. The number of thiophene rings is 1. The van der Waals surface area contributed by atoms with E-state index in [1.165, 1.54) is 29.7 Å². The van der Waals surface area contributed by atoms with E-state index in [9.17, 15) is 4.79 Å². The number of methoxy groups -OCH3 is 1. The second-order valence-electron chi connectivity index (χ2n) is 6.94. The Hall–Kier alpha value is -2.59. The van der Waals surface area contributed by atoms with Gasteiger partial charge in [0.25, 0.3) is 5.56 Å². The van der Waals surface area contributed by atoms with E-state index in [-0.39, 0.29) is 5.56 Å². The van der Waals surface area contributed by atoms with Gasteiger partial charge in [0.15, 0.2) is 0 Å². The van der Waals surface area contributed by atoms with E-state index >= 15 is 0 Å². The van der Waals surface area contributed by atoms with Gasteiger partial charge in [-0.3, -0.25) is 4.79 Å². The fraction of sp³-hybridized carbons (Fsp3) is 0.261. The normalized spacial score (nSPS) is 11.4. The second kappa shape index (κ2) is 7.20. The quantitative estimate of drug-likeness (QED) is 0.459. The first-order valence-corrected chi connectivity index (χ1v) is 10.2. The monoisotopic (exact) mass is 377 g/mol. The lowest BCUT2D eigenvalue weighted by atomic mass is 9.94. The van der Waals surface area contributed by atoms with Gasteiger partial charge in [-0.05, 0) is 54.0 Å². The summed E-state index contributed by atoms with van der Waals surface area (Å²) in [7, 11) is 1.70. The molecule has 27 heavy (non-hydrogen) atoms. The number of fused-ring (bicyclic) bond motifs is 3. The van der Waals surface area contributed by atoms with E-state index < -0.39 is 0 Å². The highest BCUT2D eigenvalue weighted by Gasteiger charge is 2.18. The summed E-state index contributed by atoms with van der Waals surface area (Å²) in [6.45, 7) is 4.22. The third kappa shape index (κ3) is 3.04. The summed E-state index contributed by atoms with van der Waals surface area (Å²) in [5, 5.41) is 4.03. The smallest absolute Gasteiger partial charge is 0.266 e. The van der Waals surface area contributed by atoms with Gasteiger partial charge < -0.3 is 9.72 Å². The van der Waals surface area contributed by atoms with Crippen molar-refractivity contribution < 1.29 is 4.74 Å². The Balaban J connectivity index is 2.02. The minimum atomic E-state index is -0.0263. The van der Waals surface area contributed by atoms with E-state index in [0.717, 1.165) is 49.8 Å². The first-order valence-electron chi connectivity index (χ1n) is 9.34. The van der Waals surface area contributed by atoms with Crippen LogP contribution < -0.4 is 10.3 Å². The SMILES string of the molecule is CCCCc1ccc(-c2c(OC)cc(C)c3[nH]c(=O)c4sccc4c23)cc1. The molecule has 1 N–H and O–H groups in total. The molecule has 2 aromatic carbocycles. The van der Waals surface area contributed by atoms with Gasteiger partial charge >= 0.3 is 0 Å². The van der Waals surface area contributed by atoms with Crippen LogP contribution in [0.5, 0.6) is 5.75 Å². The van der Waals surface area contributed by atoms with Crippen LogP contribution >= 0.6 is 11.3 Å². The molecule has 4 rings (SSSR count). The number of aromatic nitrogens is 1. The predicted molar refractivity (Wildman–Crippen MR) is 115 cm³/mol. The maximum atomic E-state index is 12.5. The molecule has 0 radical (unpaired) electrons. The number of hydrogen-bond donors (Lipinski definition) is 1. The molecule has 0 aliphatic rings. The molecule has 0 saturated carbocycles. The van der Waals surface area contributed by atoms with Crippen molar-refractivity contribution >= 4 is 32.3 Å². The molecule has 0 spiro atoms. The van der Waals surface area contributed by atoms with Crippen LogP contribution in [0.25, 0.3) is 32.1 Å². The summed E-state index contributed by atoms with van der Waals surface area (Å²) < 4.78 is 6.51. The van der Waals surface area contributed by atoms with Crippen LogP contribution in [-0.2, 0) is 6.42 Å². The molecule has 0 fully saturated rings. The van der Waals surface area contributed by atoms with Crippen LogP contribution in [0.4, 0.5) is 0 Å². The molecule has 4 aromatic rings. The van der Waals surface area contributed by atoms with Crippen molar-refractivity contribution in [2.45, 2.75) is 33.1 Å². The highest BCUT2D eigenvalue weighted by Crippen LogP contribution is 2.41. The number of H-pyrrole nitrogens is 1. The zero-order valence-corrected chi connectivity index (χ0v) is 16.7. The molecule has 0 saturated heterocycles. The molecular formula is C23H23NO2S. The summed E-state index contributed by atoms with van der Waals surface area (Å²) in [4.78, 5) is 15.6. The van der Waals surface area contributed by atoms with Crippen LogP contribution in [0.1, 0.15) is 30.9 Å². The van der Waals surface area contributed by atoms with Crippen molar-refractivity contribution in [3.8, 4) is 16.9 Å². The Morgan fingerprint density at radius 3 is 2.63 bits per heavy atom. The number of benzene rings is 2. The molecule has 0 aliphatic heterocycles. The highest BCUT2D eigenvalue weighted by atomic mass is 32.1. The largest absolute Gasteiger partial charge is 0.496 e. The molecule has 0 atom stereocenters. The van der Waals surface area contributed by atoms with Crippen LogP contribution in [0.2, 0.25) is 0 Å². The van der Waals surface area contributed by atoms with E-state index in [1.807, 2.05) is 24.4 Å². The Morgan fingerprint density at radius 1 is 1.15 bits per heavy atom. The summed E-state index contributed by atoms with van der Waals surface area (Å²) in [6.07, 6.45) is 3.50. The van der Waals surface area contributed by atoms with E-state index in [4.69, 9.17) is 4.74 Å². The number of hydrogen-bond acceptors (Lipinski definition) is 3. The van der Waals surface area contributed by atoms with Crippen LogP contribution in [0.3, 0.4) is 0 Å². The second-order valence-corrected chi connectivity index (χ2v) is 7.85. The van der Waals surface area contributed by atoms with Gasteiger partial charge in [0.1, 0.15) is 10.4 Å². The van der Waals surface area contributed by atoms with E-state index in [0.29, 0.717) is 0 Å². The number of aromatic amines is 1. The number of aryl methyl sites for hydroxylation is 2. The minimum absolute atomic E-state index is 0.0263. The molecule has 138 valence electrons. The van der Waals surface area contributed by atoms with Gasteiger partial charge in [-0.25, -0.2) is 0 Å². The van der Waals surface area contributed by atoms with Crippen molar-refractivity contribution in [3.05, 3.63) is 63.3 Å². The fourth-order valence-electron chi connectivity index (χ4n) is 3.74. The molecular weight excluding hydrogens is 354 g/mol. The van der Waals surface area contributed by atoms with Gasteiger partial charge in [-0.15, -0.1) is 11.3 Å². The zero-order valence-electron chi connectivity index (χ0n) is 15.9. The number of unbranched alkanes of at least 4 members (excludes halogenated alkanes) is 1. The Bertz CT molecular complexity index is 1170. The molecule has 2 heterocycles. The Labute approximate surface area is 162 Å². The van der Waals surface area contributed by atoms with Crippen LogP contribution in [0, 0.1) is 6.92 Å². The van der Waals surface area contributed by atoms with Crippen LogP contribution in [0.15, 0.2) is 46.6 Å². The highest BCUT2D eigenvalue weighted by molar-refractivity contribution is 7.17. The van der Waals surface area contributed by atoms with Crippen molar-refractivity contribution in [2.75, 3.05) is 7.11 Å². The molecule has 0 unspecified atom stereocenters. The summed E-state index contributed by atoms with van der Waals surface area (Å²) in [5.74, 6) is 0.834. The Morgan fingerprint density at radius 2 is 1.93 bits per heavy atom. The molecule has 2 aromatic heterocycles. The minimum Gasteiger partial charge on any atom is -0.496 e. The van der Waals surface area contributed by atoms with E-state index in [2.05, 4.69) is 36.2 Å². The average molecular weight is 378 g/mol. The summed E-state index contributed by atoms with van der Waals surface area (Å²) in [6, 6.07) is 12.8. The lowest BCUT2D eigenvalue weighted by Crippen LogP contribution is -2.06. The van der Waals surface area contributed by atoms with Crippen molar-refractivity contribution in [3.63, 3.8) is 0 Å². The number of rotatable bonds is 5. The number of pyridine rings is 1. The number of ether oxygens (including phenoxy) is 1. The first-order chi connectivity index (χ1) is 13.1. The molecule has 3 nitrogen and oxygen atoms in total. The number of nitrogens with one attached hydrogen (secondary N) is 1. The maximum absolute atomic E-state index is 12.5. The summed E-state index contributed by atoms with van der Waals surface area (Å²) in [5.41, 5.74) is 5.37. The van der Waals surface area contributed by atoms with Crippen molar-refractivity contribution in [1.29, 1.82) is 0 Å². The predicted octanol–water partition coefficient (Wildman–Crippen LogP) is 6.07. The zero-order chi connectivity index (χ0) is 19.0. The molecule has 0 aliphatic carbocycles. The van der Waals surface area contributed by atoms with Crippen LogP contribution in [-0.4, -0.2) is 12.1 Å². The molecule has 0 bridgehead atoms. The Kier molecular flexibility index (Phi) is 4.75. The fourth-order valence-corrected chi connectivity index (χ4v) is 4.53. The van der Waals surface area contributed by atoms with Gasteiger partial charge in [-0.2, -0.15) is 0 Å². The molecule has 0 amide bonds. The van der Waals surface area contributed by atoms with Gasteiger partial charge in [0, 0.05) is 16.3 Å². The molecule has 4 heteroatoms. The maximum Gasteiger partial charge on any atom is 0.266 e. The lowest BCUT2D eigenvalue weighted by Gasteiger charge is -2.16.